The number of alkyl halides is 1. The lowest BCUT2D eigenvalue weighted by Crippen LogP contribution is -2.26. The van der Waals surface area contributed by atoms with Crippen molar-refractivity contribution in [1.29, 1.82) is 0 Å². The average Bonchev–Trinajstić information content (AvgIpc) is 2.52. The smallest absolute Gasteiger partial charge is 0.235 e. The van der Waals surface area contributed by atoms with Crippen LogP contribution < -0.4 is 5.32 Å². The number of halogens is 1. The number of allylic oxidation sites excluding steroid dienone is 1. The molecule has 1 N–H and O–H groups in total. The highest BCUT2D eigenvalue weighted by Crippen LogP contribution is 2.15. The lowest BCUT2D eigenvalue weighted by Gasteiger charge is -2.02. The van der Waals surface area contributed by atoms with E-state index in [1.54, 1.807) is 0 Å². The molecule has 0 aliphatic heterocycles. The van der Waals surface area contributed by atoms with Gasteiger partial charge < -0.3 is 5.32 Å². The van der Waals surface area contributed by atoms with Crippen molar-refractivity contribution in [1.82, 2.24) is 5.32 Å². The third-order valence-electron chi connectivity index (χ3n) is 1.77. The molecule has 0 fully saturated rings. The van der Waals surface area contributed by atoms with E-state index in [0.717, 1.165) is 12.8 Å². The van der Waals surface area contributed by atoms with E-state index in [4.69, 9.17) is 11.6 Å². The van der Waals surface area contributed by atoms with Crippen LogP contribution in [0.4, 0.5) is 0 Å². The van der Waals surface area contributed by atoms with E-state index in [1.165, 1.54) is 12.0 Å². The number of nitrogens with one attached hydrogen (secondary N) is 1. The number of hydrogen-bond donors (Lipinski definition) is 1. The Morgan fingerprint density at radius 2 is 2.55 bits per heavy atom. The van der Waals surface area contributed by atoms with Gasteiger partial charge in [-0.3, -0.25) is 4.79 Å². The van der Waals surface area contributed by atoms with E-state index in [2.05, 4.69) is 11.4 Å². The van der Waals surface area contributed by atoms with Gasteiger partial charge in [0.15, 0.2) is 0 Å². The molecule has 0 atom stereocenters. The summed E-state index contributed by atoms with van der Waals surface area (Å²) in [4.78, 5) is 10.7. The Balaban J connectivity index is 2.16. The number of rotatable bonds is 3. The van der Waals surface area contributed by atoms with Gasteiger partial charge in [-0.1, -0.05) is 11.6 Å². The van der Waals surface area contributed by atoms with Gasteiger partial charge in [-0.15, -0.1) is 11.6 Å². The van der Waals surface area contributed by atoms with Crippen LogP contribution in [0, 0.1) is 0 Å². The molecule has 0 spiro atoms. The molecule has 2 nitrogen and oxygen atoms in total. The zero-order valence-electron chi connectivity index (χ0n) is 6.40. The Morgan fingerprint density at radius 3 is 3.09 bits per heavy atom. The van der Waals surface area contributed by atoms with Crippen molar-refractivity contribution < 1.29 is 4.79 Å². The van der Waals surface area contributed by atoms with Crippen LogP contribution in [0.5, 0.6) is 0 Å². The van der Waals surface area contributed by atoms with Crippen molar-refractivity contribution in [3.05, 3.63) is 11.6 Å². The second-order valence-electron chi connectivity index (χ2n) is 2.66. The summed E-state index contributed by atoms with van der Waals surface area (Å²) in [5.74, 6) is -0.0210. The summed E-state index contributed by atoms with van der Waals surface area (Å²) in [5.41, 5.74) is 1.34. The highest BCUT2D eigenvalue weighted by atomic mass is 35.5. The van der Waals surface area contributed by atoms with Crippen LogP contribution in [0.2, 0.25) is 0 Å². The van der Waals surface area contributed by atoms with Gasteiger partial charge >= 0.3 is 0 Å². The maximum atomic E-state index is 10.7. The first kappa shape index (κ1) is 8.60. The number of amides is 1. The van der Waals surface area contributed by atoms with Crippen LogP contribution in [0.15, 0.2) is 11.6 Å². The van der Waals surface area contributed by atoms with Gasteiger partial charge in [-0.05, 0) is 19.3 Å². The van der Waals surface area contributed by atoms with E-state index < -0.39 is 0 Å². The molecule has 0 unspecified atom stereocenters. The minimum Gasteiger partial charge on any atom is -0.351 e. The lowest BCUT2D eigenvalue weighted by atomic mass is 10.2. The Kier molecular flexibility index (Phi) is 3.43. The Morgan fingerprint density at radius 1 is 1.73 bits per heavy atom. The molecule has 11 heavy (non-hydrogen) atoms. The molecular formula is C8H12ClNO. The number of carbonyl (C=O) groups is 1. The monoisotopic (exact) mass is 173 g/mol. The van der Waals surface area contributed by atoms with Gasteiger partial charge in [0.2, 0.25) is 5.91 Å². The zero-order chi connectivity index (χ0) is 8.10. The molecule has 1 aliphatic rings. The molecule has 1 amide bonds. The van der Waals surface area contributed by atoms with Gasteiger partial charge in [0, 0.05) is 6.54 Å². The number of hydrogen-bond acceptors (Lipinski definition) is 1. The van der Waals surface area contributed by atoms with Crippen LogP contribution in [0.3, 0.4) is 0 Å². The maximum Gasteiger partial charge on any atom is 0.235 e. The van der Waals surface area contributed by atoms with Gasteiger partial charge in [-0.25, -0.2) is 0 Å². The van der Waals surface area contributed by atoms with Crippen molar-refractivity contribution in [2.24, 2.45) is 0 Å². The summed E-state index contributed by atoms with van der Waals surface area (Å²) in [6, 6.07) is 0. The first-order valence-electron chi connectivity index (χ1n) is 3.83. The largest absolute Gasteiger partial charge is 0.351 e. The molecule has 0 saturated carbocycles. The van der Waals surface area contributed by atoms with Crippen LogP contribution in [0.1, 0.15) is 19.3 Å². The fourth-order valence-electron chi connectivity index (χ4n) is 1.16. The average molecular weight is 174 g/mol. The zero-order valence-corrected chi connectivity index (χ0v) is 7.16. The fraction of sp³-hybridized carbons (Fsp3) is 0.625. The van der Waals surface area contributed by atoms with Crippen LogP contribution >= 0.6 is 11.6 Å². The summed E-state index contributed by atoms with van der Waals surface area (Å²) in [5, 5.41) is 2.74. The SMILES string of the molecule is O=C(CCl)NCC1=CCCC1. The lowest BCUT2D eigenvalue weighted by molar-refractivity contribution is -0.118. The van der Waals surface area contributed by atoms with Crippen molar-refractivity contribution in [2.75, 3.05) is 12.4 Å². The molecule has 0 bridgehead atoms. The highest BCUT2D eigenvalue weighted by Gasteiger charge is 2.05. The predicted molar refractivity (Wildman–Crippen MR) is 45.7 cm³/mol. The van der Waals surface area contributed by atoms with Crippen molar-refractivity contribution in [2.45, 2.75) is 19.3 Å². The molecule has 0 aromatic rings. The van der Waals surface area contributed by atoms with E-state index in [9.17, 15) is 4.79 Å². The summed E-state index contributed by atoms with van der Waals surface area (Å²) in [6.07, 6.45) is 5.70. The second kappa shape index (κ2) is 4.39. The molecule has 0 radical (unpaired) electrons. The Labute approximate surface area is 71.6 Å². The topological polar surface area (TPSA) is 29.1 Å². The third kappa shape index (κ3) is 2.93. The van der Waals surface area contributed by atoms with E-state index in [0.29, 0.717) is 6.54 Å². The third-order valence-corrected chi connectivity index (χ3v) is 2.01. The first-order chi connectivity index (χ1) is 5.33. The number of carbonyl (C=O) groups excluding carboxylic acids is 1. The molecule has 0 heterocycles. The standard InChI is InChI=1S/C8H12ClNO/c9-5-8(11)10-6-7-3-1-2-4-7/h3H,1-2,4-6H2,(H,10,11). The molecule has 3 heteroatoms. The quantitative estimate of drug-likeness (QED) is 0.508. The molecule has 1 aliphatic carbocycles. The van der Waals surface area contributed by atoms with Crippen LogP contribution in [0.25, 0.3) is 0 Å². The van der Waals surface area contributed by atoms with Gasteiger partial charge in [0.25, 0.3) is 0 Å². The van der Waals surface area contributed by atoms with Crippen LogP contribution in [-0.2, 0) is 4.79 Å². The predicted octanol–water partition coefficient (Wildman–Crippen LogP) is 1.45. The van der Waals surface area contributed by atoms with Gasteiger partial charge in [0.05, 0.1) is 0 Å². The van der Waals surface area contributed by atoms with Gasteiger partial charge in [-0.2, -0.15) is 0 Å². The van der Waals surface area contributed by atoms with Crippen molar-refractivity contribution in [3.8, 4) is 0 Å². The molecular weight excluding hydrogens is 162 g/mol. The Bertz CT molecular complexity index is 177. The maximum absolute atomic E-state index is 10.7. The summed E-state index contributed by atoms with van der Waals surface area (Å²) >= 11 is 5.31. The molecule has 1 rings (SSSR count). The summed E-state index contributed by atoms with van der Waals surface area (Å²) in [7, 11) is 0. The highest BCUT2D eigenvalue weighted by molar-refractivity contribution is 6.27. The second-order valence-corrected chi connectivity index (χ2v) is 2.93. The molecule has 0 saturated heterocycles. The minimum atomic E-state index is -0.0838. The van der Waals surface area contributed by atoms with Crippen molar-refractivity contribution in [3.63, 3.8) is 0 Å². The van der Waals surface area contributed by atoms with Gasteiger partial charge in [0.1, 0.15) is 5.88 Å². The normalized spacial score (nSPS) is 16.3. The molecule has 0 aromatic carbocycles. The van der Waals surface area contributed by atoms with E-state index in [-0.39, 0.29) is 11.8 Å². The minimum absolute atomic E-state index is 0.0628. The van der Waals surface area contributed by atoms with E-state index >= 15 is 0 Å². The van der Waals surface area contributed by atoms with Crippen molar-refractivity contribution >= 4 is 17.5 Å². The van der Waals surface area contributed by atoms with Crippen LogP contribution in [-0.4, -0.2) is 18.3 Å². The summed E-state index contributed by atoms with van der Waals surface area (Å²) in [6.45, 7) is 0.686. The Hall–Kier alpha value is -0.500. The van der Waals surface area contributed by atoms with E-state index in [1.807, 2.05) is 0 Å². The molecule has 0 aromatic heterocycles. The molecule has 62 valence electrons. The fourth-order valence-corrected chi connectivity index (χ4v) is 1.25. The summed E-state index contributed by atoms with van der Waals surface area (Å²) < 4.78 is 0. The first-order valence-corrected chi connectivity index (χ1v) is 4.37.